The molecular formula is C23H26N6O2. The van der Waals surface area contributed by atoms with Crippen LogP contribution in [0.2, 0.25) is 0 Å². The lowest BCUT2D eigenvalue weighted by Gasteiger charge is -2.14. The SMILES string of the molecule is COc1cccc(Nc2cnc(Cc3ccccc3)c(NC(=NCCO)/N=C/N)c2)c1. The van der Waals surface area contributed by atoms with Crippen molar-refractivity contribution in [1.82, 2.24) is 4.98 Å². The van der Waals surface area contributed by atoms with Crippen molar-refractivity contribution in [3.8, 4) is 5.75 Å². The van der Waals surface area contributed by atoms with Gasteiger partial charge in [-0.2, -0.15) is 0 Å². The van der Waals surface area contributed by atoms with Crippen LogP contribution in [0.25, 0.3) is 0 Å². The van der Waals surface area contributed by atoms with E-state index < -0.39 is 0 Å². The molecular weight excluding hydrogens is 392 g/mol. The number of ether oxygens (including phenoxy) is 1. The van der Waals surface area contributed by atoms with Gasteiger partial charge in [-0.25, -0.2) is 9.98 Å². The molecule has 1 heterocycles. The summed E-state index contributed by atoms with van der Waals surface area (Å²) in [5.41, 5.74) is 9.80. The number of rotatable bonds is 8. The summed E-state index contributed by atoms with van der Waals surface area (Å²) in [6, 6.07) is 19.6. The van der Waals surface area contributed by atoms with Gasteiger partial charge in [0.15, 0.2) is 0 Å². The second kappa shape index (κ2) is 11.3. The van der Waals surface area contributed by atoms with Crippen molar-refractivity contribution in [2.75, 3.05) is 30.9 Å². The molecule has 0 atom stereocenters. The van der Waals surface area contributed by atoms with Crippen LogP contribution >= 0.6 is 0 Å². The summed E-state index contributed by atoms with van der Waals surface area (Å²) in [6.45, 7) is 0.126. The molecule has 0 saturated heterocycles. The van der Waals surface area contributed by atoms with E-state index in [0.717, 1.165) is 40.4 Å². The molecule has 0 aliphatic heterocycles. The van der Waals surface area contributed by atoms with E-state index in [2.05, 4.69) is 25.6 Å². The standard InChI is InChI=1S/C23H26N6O2/c1-31-20-9-5-8-18(13-20)28-19-14-22(29-23(27-16-24)25-10-11-30)21(26-15-19)12-17-6-3-2-4-7-17/h2-9,13-16,28,30H,10-12H2,1H3,(H3,24,25,27,29). The highest BCUT2D eigenvalue weighted by molar-refractivity contribution is 5.98. The van der Waals surface area contributed by atoms with Crippen molar-refractivity contribution < 1.29 is 9.84 Å². The van der Waals surface area contributed by atoms with Crippen molar-refractivity contribution in [1.29, 1.82) is 0 Å². The topological polar surface area (TPSA) is 117 Å². The first-order valence-electron chi connectivity index (χ1n) is 9.82. The van der Waals surface area contributed by atoms with Gasteiger partial charge in [-0.15, -0.1) is 0 Å². The van der Waals surface area contributed by atoms with Crippen LogP contribution in [0.1, 0.15) is 11.3 Å². The summed E-state index contributed by atoms with van der Waals surface area (Å²) in [4.78, 5) is 12.9. The third-order valence-electron chi connectivity index (χ3n) is 4.35. The number of benzene rings is 2. The fourth-order valence-electron chi connectivity index (χ4n) is 2.93. The second-order valence-electron chi connectivity index (χ2n) is 6.57. The molecule has 0 aliphatic carbocycles. The van der Waals surface area contributed by atoms with Crippen LogP contribution in [-0.2, 0) is 6.42 Å². The Labute approximate surface area is 181 Å². The predicted molar refractivity (Wildman–Crippen MR) is 125 cm³/mol. The monoisotopic (exact) mass is 418 g/mol. The molecule has 8 nitrogen and oxygen atoms in total. The van der Waals surface area contributed by atoms with Crippen molar-refractivity contribution in [2.45, 2.75) is 6.42 Å². The first-order valence-corrected chi connectivity index (χ1v) is 9.82. The Morgan fingerprint density at radius 1 is 1.13 bits per heavy atom. The minimum atomic E-state index is -0.0855. The maximum atomic E-state index is 9.10. The van der Waals surface area contributed by atoms with Crippen LogP contribution in [0.15, 0.2) is 76.8 Å². The summed E-state index contributed by atoms with van der Waals surface area (Å²) in [6.07, 6.45) is 3.56. The molecule has 0 bridgehead atoms. The molecule has 0 fully saturated rings. The summed E-state index contributed by atoms with van der Waals surface area (Å²) >= 11 is 0. The van der Waals surface area contributed by atoms with Crippen LogP contribution in [-0.4, -0.2) is 42.7 Å². The molecule has 0 aliphatic rings. The largest absolute Gasteiger partial charge is 0.497 e. The van der Waals surface area contributed by atoms with Gasteiger partial charge in [-0.1, -0.05) is 36.4 Å². The molecule has 0 spiro atoms. The van der Waals surface area contributed by atoms with Gasteiger partial charge in [0.25, 0.3) is 0 Å². The number of aromatic nitrogens is 1. The van der Waals surface area contributed by atoms with E-state index in [-0.39, 0.29) is 13.2 Å². The van der Waals surface area contributed by atoms with Crippen LogP contribution in [0.3, 0.4) is 0 Å². The fourth-order valence-corrected chi connectivity index (χ4v) is 2.93. The van der Waals surface area contributed by atoms with E-state index in [1.807, 2.05) is 60.7 Å². The van der Waals surface area contributed by atoms with E-state index >= 15 is 0 Å². The maximum absolute atomic E-state index is 9.10. The van der Waals surface area contributed by atoms with Gasteiger partial charge < -0.3 is 26.2 Å². The average Bonchev–Trinajstić information content (AvgIpc) is 2.80. The molecule has 3 rings (SSSR count). The van der Waals surface area contributed by atoms with Crippen molar-refractivity contribution in [3.05, 3.63) is 78.1 Å². The molecule has 31 heavy (non-hydrogen) atoms. The van der Waals surface area contributed by atoms with E-state index in [4.69, 9.17) is 15.6 Å². The molecule has 3 aromatic rings. The van der Waals surface area contributed by atoms with Crippen LogP contribution in [0.4, 0.5) is 17.1 Å². The molecule has 2 aromatic carbocycles. The molecule has 0 amide bonds. The zero-order valence-corrected chi connectivity index (χ0v) is 17.3. The van der Waals surface area contributed by atoms with Gasteiger partial charge in [0.1, 0.15) is 5.75 Å². The van der Waals surface area contributed by atoms with Crippen molar-refractivity contribution >= 4 is 29.4 Å². The maximum Gasteiger partial charge on any atom is 0.224 e. The third-order valence-corrected chi connectivity index (χ3v) is 4.35. The van der Waals surface area contributed by atoms with Gasteiger partial charge >= 0.3 is 0 Å². The number of aliphatic hydroxyl groups excluding tert-OH is 1. The molecule has 0 saturated carbocycles. The second-order valence-corrected chi connectivity index (χ2v) is 6.57. The van der Waals surface area contributed by atoms with E-state index in [1.54, 1.807) is 13.3 Å². The minimum absolute atomic E-state index is 0.0855. The van der Waals surface area contributed by atoms with E-state index in [0.29, 0.717) is 12.4 Å². The summed E-state index contributed by atoms with van der Waals surface area (Å²) < 4.78 is 5.29. The Kier molecular flexibility index (Phi) is 7.96. The number of anilines is 3. The lowest BCUT2D eigenvalue weighted by molar-refractivity contribution is 0.307. The lowest BCUT2D eigenvalue weighted by atomic mass is 10.1. The van der Waals surface area contributed by atoms with Gasteiger partial charge in [0.2, 0.25) is 5.96 Å². The summed E-state index contributed by atoms with van der Waals surface area (Å²) in [5.74, 6) is 1.05. The number of guanidine groups is 1. The fraction of sp³-hybridized carbons (Fsp3) is 0.174. The quantitative estimate of drug-likeness (QED) is 0.330. The Bertz CT molecular complexity index is 1040. The Morgan fingerprint density at radius 3 is 2.71 bits per heavy atom. The average molecular weight is 419 g/mol. The van der Waals surface area contributed by atoms with Crippen LogP contribution in [0.5, 0.6) is 5.75 Å². The normalized spacial score (nSPS) is 11.5. The smallest absolute Gasteiger partial charge is 0.224 e. The highest BCUT2D eigenvalue weighted by atomic mass is 16.5. The zero-order valence-electron chi connectivity index (χ0n) is 17.3. The predicted octanol–water partition coefficient (Wildman–Crippen LogP) is 3.17. The van der Waals surface area contributed by atoms with Crippen molar-refractivity contribution in [3.63, 3.8) is 0 Å². The molecule has 160 valence electrons. The first kappa shape index (κ1) is 21.8. The highest BCUT2D eigenvalue weighted by Crippen LogP contribution is 2.26. The van der Waals surface area contributed by atoms with Gasteiger partial charge in [0, 0.05) is 18.2 Å². The summed E-state index contributed by atoms with van der Waals surface area (Å²) in [5, 5.41) is 15.6. The highest BCUT2D eigenvalue weighted by Gasteiger charge is 2.10. The number of pyridine rings is 1. The Hall–Kier alpha value is -3.91. The van der Waals surface area contributed by atoms with Crippen LogP contribution < -0.4 is 21.1 Å². The lowest BCUT2D eigenvalue weighted by Crippen LogP contribution is -2.15. The van der Waals surface area contributed by atoms with Gasteiger partial charge in [-0.3, -0.25) is 4.98 Å². The number of nitrogens with one attached hydrogen (secondary N) is 2. The number of nitrogens with two attached hydrogens (primary N) is 1. The minimum Gasteiger partial charge on any atom is -0.497 e. The number of aliphatic hydroxyl groups is 1. The molecule has 0 radical (unpaired) electrons. The number of hydrogen-bond donors (Lipinski definition) is 4. The number of nitrogens with zero attached hydrogens (tertiary/aromatic N) is 3. The molecule has 0 unspecified atom stereocenters. The third kappa shape index (κ3) is 6.55. The zero-order chi connectivity index (χ0) is 21.9. The molecule has 5 N–H and O–H groups in total. The number of aliphatic imine (C=N–C) groups is 2. The first-order chi connectivity index (χ1) is 15.2. The molecule has 1 aromatic heterocycles. The Morgan fingerprint density at radius 2 is 1.97 bits per heavy atom. The van der Waals surface area contributed by atoms with Crippen LogP contribution in [0, 0.1) is 0 Å². The number of hydrogen-bond acceptors (Lipinski definition) is 5. The summed E-state index contributed by atoms with van der Waals surface area (Å²) in [7, 11) is 1.63. The Balaban J connectivity index is 1.92. The number of methoxy groups -OCH3 is 1. The van der Waals surface area contributed by atoms with Crippen molar-refractivity contribution in [2.24, 2.45) is 15.7 Å². The van der Waals surface area contributed by atoms with E-state index in [9.17, 15) is 0 Å². The molecule has 8 heteroatoms. The van der Waals surface area contributed by atoms with Gasteiger partial charge in [-0.05, 0) is 23.8 Å². The van der Waals surface area contributed by atoms with E-state index in [1.165, 1.54) is 0 Å². The van der Waals surface area contributed by atoms with Gasteiger partial charge in [0.05, 0.1) is 49.9 Å².